The zero-order valence-corrected chi connectivity index (χ0v) is 9.68. The highest BCUT2D eigenvalue weighted by Gasteiger charge is 2.18. The highest BCUT2D eigenvalue weighted by molar-refractivity contribution is 6.12. The molecule has 0 bridgehead atoms. The summed E-state index contributed by atoms with van der Waals surface area (Å²) < 4.78 is 18.2. The van der Waals surface area contributed by atoms with Crippen LogP contribution in [0.3, 0.4) is 0 Å². The molecular formula is C13H11FN2O2. The Morgan fingerprint density at radius 2 is 2.17 bits per heavy atom. The molecule has 1 heterocycles. The van der Waals surface area contributed by atoms with Crippen LogP contribution in [0.5, 0.6) is 5.75 Å². The first-order chi connectivity index (χ1) is 8.63. The van der Waals surface area contributed by atoms with Gasteiger partial charge in [0.05, 0.1) is 12.7 Å². The van der Waals surface area contributed by atoms with Crippen LogP contribution in [-0.4, -0.2) is 17.9 Å². The monoisotopic (exact) mass is 246 g/mol. The molecule has 4 nitrogen and oxygen atoms in total. The molecule has 0 aliphatic heterocycles. The number of aromatic nitrogens is 1. The fourth-order valence-electron chi connectivity index (χ4n) is 1.58. The van der Waals surface area contributed by atoms with Crippen LogP contribution >= 0.6 is 0 Å². The number of carbonyl (C=O) groups excluding carboxylic acids is 1. The van der Waals surface area contributed by atoms with Crippen molar-refractivity contribution in [3.05, 3.63) is 53.6 Å². The largest absolute Gasteiger partial charge is 0.494 e. The van der Waals surface area contributed by atoms with Crippen molar-refractivity contribution in [3.8, 4) is 5.75 Å². The second-order valence-electron chi connectivity index (χ2n) is 3.61. The van der Waals surface area contributed by atoms with E-state index in [2.05, 4.69) is 4.98 Å². The molecule has 2 aromatic rings. The van der Waals surface area contributed by atoms with Crippen LogP contribution < -0.4 is 10.5 Å². The standard InChI is InChI=1S/C13H11FN2O2/c1-18-11-3-2-6-16-12(11)13(17)9-7-8(14)4-5-10(9)15/h2-7H,15H2,1H3. The van der Waals surface area contributed by atoms with Gasteiger partial charge in [-0.15, -0.1) is 0 Å². The van der Waals surface area contributed by atoms with E-state index in [1.807, 2.05) is 0 Å². The Balaban J connectivity index is 2.51. The van der Waals surface area contributed by atoms with E-state index in [-0.39, 0.29) is 16.9 Å². The molecule has 0 fully saturated rings. The second kappa shape index (κ2) is 4.83. The number of carbonyl (C=O) groups is 1. The number of methoxy groups -OCH3 is 1. The van der Waals surface area contributed by atoms with E-state index in [0.29, 0.717) is 5.75 Å². The van der Waals surface area contributed by atoms with Crippen molar-refractivity contribution in [2.24, 2.45) is 0 Å². The van der Waals surface area contributed by atoms with Gasteiger partial charge in [0.2, 0.25) is 5.78 Å². The molecule has 2 rings (SSSR count). The number of rotatable bonds is 3. The average Bonchev–Trinajstić information content (AvgIpc) is 2.40. The highest BCUT2D eigenvalue weighted by Crippen LogP contribution is 2.22. The fourth-order valence-corrected chi connectivity index (χ4v) is 1.58. The molecule has 92 valence electrons. The number of anilines is 1. The third-order valence-corrected chi connectivity index (χ3v) is 2.47. The molecule has 0 aliphatic carbocycles. The Morgan fingerprint density at radius 1 is 1.39 bits per heavy atom. The minimum Gasteiger partial charge on any atom is -0.494 e. The van der Waals surface area contributed by atoms with Crippen LogP contribution in [0.15, 0.2) is 36.5 Å². The molecule has 0 amide bonds. The lowest BCUT2D eigenvalue weighted by atomic mass is 10.0. The molecule has 0 spiro atoms. The zero-order valence-electron chi connectivity index (χ0n) is 9.68. The summed E-state index contributed by atoms with van der Waals surface area (Å²) >= 11 is 0. The van der Waals surface area contributed by atoms with Crippen molar-refractivity contribution in [1.29, 1.82) is 0 Å². The predicted molar refractivity (Wildman–Crippen MR) is 65.0 cm³/mol. The lowest BCUT2D eigenvalue weighted by Gasteiger charge is -2.08. The molecule has 0 aliphatic rings. The summed E-state index contributed by atoms with van der Waals surface area (Å²) in [5.74, 6) is -0.668. The van der Waals surface area contributed by atoms with Crippen LogP contribution in [0.25, 0.3) is 0 Å². The molecule has 1 aromatic carbocycles. The zero-order chi connectivity index (χ0) is 13.1. The number of nitrogens with zero attached hydrogens (tertiary/aromatic N) is 1. The van der Waals surface area contributed by atoms with Gasteiger partial charge in [-0.3, -0.25) is 4.79 Å². The number of halogens is 1. The molecule has 2 N–H and O–H groups in total. The van der Waals surface area contributed by atoms with E-state index in [1.54, 1.807) is 12.1 Å². The van der Waals surface area contributed by atoms with Crippen LogP contribution in [0.2, 0.25) is 0 Å². The summed E-state index contributed by atoms with van der Waals surface area (Å²) in [5, 5.41) is 0. The molecule has 0 saturated carbocycles. The topological polar surface area (TPSA) is 65.2 Å². The normalized spacial score (nSPS) is 10.1. The van der Waals surface area contributed by atoms with E-state index in [9.17, 15) is 9.18 Å². The molecule has 0 saturated heterocycles. The minimum atomic E-state index is -0.526. The van der Waals surface area contributed by atoms with Gasteiger partial charge in [-0.25, -0.2) is 9.37 Å². The van der Waals surface area contributed by atoms with Crippen molar-refractivity contribution in [1.82, 2.24) is 4.98 Å². The van der Waals surface area contributed by atoms with Gasteiger partial charge >= 0.3 is 0 Å². The molecule has 1 aromatic heterocycles. The van der Waals surface area contributed by atoms with E-state index in [4.69, 9.17) is 10.5 Å². The van der Waals surface area contributed by atoms with Gasteiger partial charge in [-0.05, 0) is 30.3 Å². The summed E-state index contributed by atoms with van der Waals surface area (Å²) in [6.07, 6.45) is 1.46. The van der Waals surface area contributed by atoms with E-state index in [0.717, 1.165) is 6.07 Å². The van der Waals surface area contributed by atoms with Gasteiger partial charge in [0.15, 0.2) is 5.69 Å². The van der Waals surface area contributed by atoms with Crippen molar-refractivity contribution < 1.29 is 13.9 Å². The molecule has 0 unspecified atom stereocenters. The van der Waals surface area contributed by atoms with E-state index >= 15 is 0 Å². The maximum absolute atomic E-state index is 13.1. The van der Waals surface area contributed by atoms with Gasteiger partial charge in [-0.1, -0.05) is 0 Å². The number of nitrogens with two attached hydrogens (primary N) is 1. The molecule has 5 heteroatoms. The molecule has 18 heavy (non-hydrogen) atoms. The van der Waals surface area contributed by atoms with Gasteiger partial charge in [0.1, 0.15) is 11.6 Å². The maximum atomic E-state index is 13.1. The number of nitrogen functional groups attached to an aromatic ring is 1. The number of ketones is 1. The number of benzene rings is 1. The number of pyridine rings is 1. The number of ether oxygens (including phenoxy) is 1. The number of hydrogen-bond donors (Lipinski definition) is 1. The van der Waals surface area contributed by atoms with Crippen molar-refractivity contribution in [3.63, 3.8) is 0 Å². The lowest BCUT2D eigenvalue weighted by Crippen LogP contribution is -2.09. The summed E-state index contributed by atoms with van der Waals surface area (Å²) in [6, 6.07) is 6.88. The average molecular weight is 246 g/mol. The van der Waals surface area contributed by atoms with Crippen LogP contribution in [0.4, 0.5) is 10.1 Å². The van der Waals surface area contributed by atoms with E-state index in [1.165, 1.54) is 25.4 Å². The summed E-state index contributed by atoms with van der Waals surface area (Å²) in [4.78, 5) is 16.2. The van der Waals surface area contributed by atoms with Gasteiger partial charge in [0.25, 0.3) is 0 Å². The van der Waals surface area contributed by atoms with Gasteiger partial charge in [0, 0.05) is 11.9 Å². The minimum absolute atomic E-state index is 0.0759. The summed E-state index contributed by atoms with van der Waals surface area (Å²) in [5.41, 5.74) is 6.05. The number of hydrogen-bond acceptors (Lipinski definition) is 4. The quantitative estimate of drug-likeness (QED) is 0.664. The van der Waals surface area contributed by atoms with Gasteiger partial charge < -0.3 is 10.5 Å². The smallest absolute Gasteiger partial charge is 0.217 e. The predicted octanol–water partition coefficient (Wildman–Crippen LogP) is 2.04. The van der Waals surface area contributed by atoms with Crippen LogP contribution in [-0.2, 0) is 0 Å². The summed E-state index contributed by atoms with van der Waals surface area (Å²) in [7, 11) is 1.43. The van der Waals surface area contributed by atoms with Crippen molar-refractivity contribution in [2.45, 2.75) is 0 Å². The molecule has 0 atom stereocenters. The molecule has 0 radical (unpaired) electrons. The van der Waals surface area contributed by atoms with Gasteiger partial charge in [-0.2, -0.15) is 0 Å². The van der Waals surface area contributed by atoms with Crippen LogP contribution in [0, 0.1) is 5.82 Å². The van der Waals surface area contributed by atoms with Crippen molar-refractivity contribution in [2.75, 3.05) is 12.8 Å². The fraction of sp³-hybridized carbons (Fsp3) is 0.0769. The Bertz CT molecular complexity index is 599. The van der Waals surface area contributed by atoms with Crippen LogP contribution in [0.1, 0.15) is 16.1 Å². The first-order valence-corrected chi connectivity index (χ1v) is 5.22. The SMILES string of the molecule is COc1cccnc1C(=O)c1cc(F)ccc1N. The molecular weight excluding hydrogens is 235 g/mol. The Morgan fingerprint density at radius 3 is 2.89 bits per heavy atom. The Labute approximate surface area is 103 Å². The van der Waals surface area contributed by atoms with Crippen molar-refractivity contribution >= 4 is 11.5 Å². The third kappa shape index (κ3) is 2.15. The first kappa shape index (κ1) is 12.0. The third-order valence-electron chi connectivity index (χ3n) is 2.47. The Hall–Kier alpha value is -2.43. The summed E-state index contributed by atoms with van der Waals surface area (Å²) in [6.45, 7) is 0. The first-order valence-electron chi connectivity index (χ1n) is 5.22. The second-order valence-corrected chi connectivity index (χ2v) is 3.61. The maximum Gasteiger partial charge on any atom is 0.217 e. The Kier molecular flexibility index (Phi) is 3.23. The van der Waals surface area contributed by atoms with E-state index < -0.39 is 11.6 Å². The lowest BCUT2D eigenvalue weighted by molar-refractivity contribution is 0.103. The highest BCUT2D eigenvalue weighted by atomic mass is 19.1.